The second kappa shape index (κ2) is 3.94. The van der Waals surface area contributed by atoms with Crippen molar-refractivity contribution in [2.45, 2.75) is 19.8 Å². The summed E-state index contributed by atoms with van der Waals surface area (Å²) in [5.41, 5.74) is -0.747. The first kappa shape index (κ1) is 11.8. The van der Waals surface area contributed by atoms with Gasteiger partial charge in [0.05, 0.1) is 4.92 Å². The molecule has 0 atom stereocenters. The summed E-state index contributed by atoms with van der Waals surface area (Å²) in [5.74, 6) is -2.28. The number of nitrogens with zero attached hydrogens (tertiary/aromatic N) is 1. The van der Waals surface area contributed by atoms with Gasteiger partial charge in [-0.1, -0.05) is 6.92 Å². The molecule has 1 aromatic rings. The Morgan fingerprint density at radius 3 is 2.65 bits per heavy atom. The normalized spacial score (nSPS) is 16.6. The fraction of sp³-hybridized carbons (Fsp3) is 0.455. The molecule has 6 heteroatoms. The zero-order chi connectivity index (χ0) is 12.6. The molecular weight excluding hydrogens is 230 g/mol. The molecule has 0 amide bonds. The molecule has 92 valence electrons. The summed E-state index contributed by atoms with van der Waals surface area (Å²) in [6.07, 6.45) is 1.98. The molecular formula is C11H12F2N2O2. The number of nitro groups is 1. The van der Waals surface area contributed by atoms with Crippen LogP contribution in [0.4, 0.5) is 20.2 Å². The largest absolute Gasteiger partial charge is 0.376 e. The average Bonchev–Trinajstić information content (AvgIpc) is 2.99. The van der Waals surface area contributed by atoms with E-state index in [1.54, 1.807) is 0 Å². The Hall–Kier alpha value is -1.72. The van der Waals surface area contributed by atoms with Gasteiger partial charge in [0.1, 0.15) is 0 Å². The summed E-state index contributed by atoms with van der Waals surface area (Å²) in [4.78, 5) is 9.98. The van der Waals surface area contributed by atoms with Gasteiger partial charge in [-0.25, -0.2) is 8.78 Å². The Bertz CT molecular complexity index is 473. The summed E-state index contributed by atoms with van der Waals surface area (Å²) in [6.45, 7) is 2.40. The van der Waals surface area contributed by atoms with Crippen LogP contribution in [0, 0.1) is 27.2 Å². The molecule has 0 saturated heterocycles. The zero-order valence-corrected chi connectivity index (χ0v) is 9.30. The maximum absolute atomic E-state index is 13.5. The Labute approximate surface area is 96.8 Å². The Balaban J connectivity index is 2.28. The van der Waals surface area contributed by atoms with Crippen molar-refractivity contribution in [1.82, 2.24) is 0 Å². The molecule has 1 saturated carbocycles. The Morgan fingerprint density at radius 2 is 2.12 bits per heavy atom. The minimum atomic E-state index is -1.19. The average molecular weight is 242 g/mol. The van der Waals surface area contributed by atoms with Crippen LogP contribution < -0.4 is 5.32 Å². The SMILES string of the molecule is CC1(CNc2c([N+](=O)[O-])ccc(F)c2F)CC1. The van der Waals surface area contributed by atoms with Crippen LogP contribution in [0.3, 0.4) is 0 Å². The van der Waals surface area contributed by atoms with Gasteiger partial charge in [0.25, 0.3) is 5.69 Å². The van der Waals surface area contributed by atoms with E-state index in [1.807, 2.05) is 6.92 Å². The highest BCUT2D eigenvalue weighted by molar-refractivity contribution is 5.62. The standard InChI is InChI=1S/C11H12F2N2O2/c1-11(4-5-11)6-14-10-8(15(16)17)3-2-7(12)9(10)13/h2-3,14H,4-6H2,1H3. The minimum Gasteiger partial charge on any atom is -0.376 e. The lowest BCUT2D eigenvalue weighted by molar-refractivity contribution is -0.384. The predicted octanol–water partition coefficient (Wildman–Crippen LogP) is 3.09. The number of anilines is 1. The molecule has 1 fully saturated rings. The molecule has 0 aromatic heterocycles. The van der Waals surface area contributed by atoms with Crippen LogP contribution in [0.2, 0.25) is 0 Å². The van der Waals surface area contributed by atoms with Crippen LogP contribution in [0.1, 0.15) is 19.8 Å². The highest BCUT2D eigenvalue weighted by atomic mass is 19.2. The van der Waals surface area contributed by atoms with Crippen molar-refractivity contribution >= 4 is 11.4 Å². The van der Waals surface area contributed by atoms with Crippen LogP contribution >= 0.6 is 0 Å². The Kier molecular flexibility index (Phi) is 2.73. The molecule has 1 aliphatic rings. The van der Waals surface area contributed by atoms with E-state index in [-0.39, 0.29) is 11.1 Å². The molecule has 4 nitrogen and oxygen atoms in total. The van der Waals surface area contributed by atoms with Crippen molar-refractivity contribution in [3.8, 4) is 0 Å². The van der Waals surface area contributed by atoms with Gasteiger partial charge in [-0.3, -0.25) is 10.1 Å². The first-order valence-corrected chi connectivity index (χ1v) is 5.29. The van der Waals surface area contributed by atoms with Gasteiger partial charge < -0.3 is 5.32 Å². The molecule has 0 unspecified atom stereocenters. The van der Waals surface area contributed by atoms with Gasteiger partial charge in [-0.05, 0) is 24.3 Å². The van der Waals surface area contributed by atoms with E-state index < -0.39 is 22.2 Å². The van der Waals surface area contributed by atoms with Crippen LogP contribution in [0.15, 0.2) is 12.1 Å². The first-order valence-electron chi connectivity index (χ1n) is 5.29. The second-order valence-corrected chi connectivity index (χ2v) is 4.68. The summed E-state index contributed by atoms with van der Waals surface area (Å²) in [7, 11) is 0. The molecule has 1 aliphatic carbocycles. The lowest BCUT2D eigenvalue weighted by Crippen LogP contribution is -2.14. The summed E-state index contributed by atoms with van der Waals surface area (Å²) in [6, 6.07) is 1.73. The van der Waals surface area contributed by atoms with Crippen LogP contribution in [0.5, 0.6) is 0 Å². The maximum atomic E-state index is 13.5. The van der Waals surface area contributed by atoms with E-state index in [0.717, 1.165) is 25.0 Å². The van der Waals surface area contributed by atoms with Crippen molar-refractivity contribution in [3.63, 3.8) is 0 Å². The van der Waals surface area contributed by atoms with Crippen molar-refractivity contribution in [3.05, 3.63) is 33.9 Å². The van der Waals surface area contributed by atoms with Gasteiger partial charge >= 0.3 is 0 Å². The van der Waals surface area contributed by atoms with E-state index in [9.17, 15) is 18.9 Å². The number of hydrogen-bond acceptors (Lipinski definition) is 3. The van der Waals surface area contributed by atoms with Crippen LogP contribution in [0.25, 0.3) is 0 Å². The number of halogens is 2. The fourth-order valence-corrected chi connectivity index (χ4v) is 1.55. The van der Waals surface area contributed by atoms with Gasteiger partial charge in [0.15, 0.2) is 17.3 Å². The van der Waals surface area contributed by atoms with E-state index in [2.05, 4.69) is 5.32 Å². The van der Waals surface area contributed by atoms with Gasteiger partial charge in [0.2, 0.25) is 0 Å². The number of hydrogen-bond donors (Lipinski definition) is 1. The molecule has 0 spiro atoms. The van der Waals surface area contributed by atoms with E-state index in [0.29, 0.717) is 6.54 Å². The van der Waals surface area contributed by atoms with Crippen molar-refractivity contribution in [2.75, 3.05) is 11.9 Å². The van der Waals surface area contributed by atoms with Crippen LogP contribution in [-0.2, 0) is 0 Å². The summed E-state index contributed by atoms with van der Waals surface area (Å²) in [5, 5.41) is 13.4. The molecule has 0 bridgehead atoms. The van der Waals surface area contributed by atoms with E-state index >= 15 is 0 Å². The first-order chi connectivity index (χ1) is 7.93. The molecule has 0 heterocycles. The molecule has 1 aromatic carbocycles. The monoisotopic (exact) mass is 242 g/mol. The molecule has 0 radical (unpaired) electrons. The molecule has 2 rings (SSSR count). The Morgan fingerprint density at radius 1 is 1.47 bits per heavy atom. The maximum Gasteiger partial charge on any atom is 0.295 e. The van der Waals surface area contributed by atoms with E-state index in [4.69, 9.17) is 0 Å². The van der Waals surface area contributed by atoms with Crippen molar-refractivity contribution < 1.29 is 13.7 Å². The highest BCUT2D eigenvalue weighted by Gasteiger charge is 2.37. The van der Waals surface area contributed by atoms with Gasteiger partial charge in [-0.2, -0.15) is 0 Å². The number of nitro benzene ring substituents is 1. The van der Waals surface area contributed by atoms with Gasteiger partial charge in [0, 0.05) is 12.6 Å². The molecule has 17 heavy (non-hydrogen) atoms. The number of benzene rings is 1. The quantitative estimate of drug-likeness (QED) is 0.652. The molecule has 0 aliphatic heterocycles. The minimum absolute atomic E-state index is 0.0482. The smallest absolute Gasteiger partial charge is 0.295 e. The number of nitrogens with one attached hydrogen (secondary N) is 1. The van der Waals surface area contributed by atoms with Gasteiger partial charge in [-0.15, -0.1) is 0 Å². The third-order valence-electron chi connectivity index (χ3n) is 3.07. The highest BCUT2D eigenvalue weighted by Crippen LogP contribution is 2.45. The van der Waals surface area contributed by atoms with Crippen LogP contribution in [-0.4, -0.2) is 11.5 Å². The van der Waals surface area contributed by atoms with Crippen molar-refractivity contribution in [2.24, 2.45) is 5.41 Å². The molecule has 1 N–H and O–H groups in total. The van der Waals surface area contributed by atoms with Crippen molar-refractivity contribution in [1.29, 1.82) is 0 Å². The lowest BCUT2D eigenvalue weighted by atomic mass is 10.1. The third kappa shape index (κ3) is 2.35. The predicted molar refractivity (Wildman–Crippen MR) is 58.8 cm³/mol. The third-order valence-corrected chi connectivity index (χ3v) is 3.07. The van der Waals surface area contributed by atoms with E-state index in [1.165, 1.54) is 0 Å². The second-order valence-electron chi connectivity index (χ2n) is 4.68. The lowest BCUT2D eigenvalue weighted by Gasteiger charge is -2.12. The topological polar surface area (TPSA) is 55.2 Å². The summed E-state index contributed by atoms with van der Waals surface area (Å²) >= 11 is 0. The number of rotatable bonds is 4. The summed E-state index contributed by atoms with van der Waals surface area (Å²) < 4.78 is 26.5. The fourth-order valence-electron chi connectivity index (χ4n) is 1.55. The zero-order valence-electron chi connectivity index (χ0n) is 9.30.